The maximum Gasteiger partial charge on any atom is 0.410 e. The minimum absolute atomic E-state index is 0.192. The van der Waals surface area contributed by atoms with E-state index >= 15 is 0 Å². The van der Waals surface area contributed by atoms with Crippen LogP contribution in [0.3, 0.4) is 0 Å². The van der Waals surface area contributed by atoms with Gasteiger partial charge in [-0.3, -0.25) is 0 Å². The van der Waals surface area contributed by atoms with Crippen molar-refractivity contribution in [1.82, 2.24) is 4.90 Å². The number of hydrogen-bond donors (Lipinski definition) is 1. The van der Waals surface area contributed by atoms with Crippen LogP contribution in [0.25, 0.3) is 0 Å². The lowest BCUT2D eigenvalue weighted by molar-refractivity contribution is -0.103. The van der Waals surface area contributed by atoms with Crippen molar-refractivity contribution in [2.45, 2.75) is 32.0 Å². The van der Waals surface area contributed by atoms with Crippen molar-refractivity contribution in [2.24, 2.45) is 0 Å². The molecule has 0 aromatic heterocycles. The first-order chi connectivity index (χ1) is 10.2. The second-order valence-electron chi connectivity index (χ2n) is 6.44. The lowest BCUT2D eigenvalue weighted by Gasteiger charge is -2.46. The predicted molar refractivity (Wildman–Crippen MR) is 81.2 cm³/mol. The summed E-state index contributed by atoms with van der Waals surface area (Å²) in [6, 6.07) is 5.24. The van der Waals surface area contributed by atoms with Gasteiger partial charge in [-0.25, -0.2) is 4.79 Å². The Hall–Kier alpha value is -1.95. The van der Waals surface area contributed by atoms with Crippen LogP contribution in [-0.2, 0) is 10.3 Å². The molecule has 1 N–H and O–H groups in total. The van der Waals surface area contributed by atoms with Gasteiger partial charge in [-0.1, -0.05) is 6.07 Å². The standard InChI is InChI=1S/C16H23NO5/c1-15(2,3)22-14(18)17-9-16(19,10-17)11-6-7-12(20-4)13(8-11)21-5/h6-8,19H,9-10H2,1-5H3. The van der Waals surface area contributed by atoms with Crippen molar-refractivity contribution in [3.63, 3.8) is 0 Å². The highest BCUT2D eigenvalue weighted by molar-refractivity contribution is 5.70. The Bertz CT molecular complexity index is 558. The first kappa shape index (κ1) is 16.4. The van der Waals surface area contributed by atoms with E-state index < -0.39 is 17.3 Å². The zero-order valence-electron chi connectivity index (χ0n) is 13.7. The summed E-state index contributed by atoms with van der Waals surface area (Å²) in [7, 11) is 3.10. The smallest absolute Gasteiger partial charge is 0.410 e. The number of likely N-dealkylation sites (tertiary alicyclic amines) is 1. The number of aliphatic hydroxyl groups is 1. The predicted octanol–water partition coefficient (Wildman–Crippen LogP) is 2.14. The highest BCUT2D eigenvalue weighted by Crippen LogP contribution is 2.37. The van der Waals surface area contributed by atoms with Crippen molar-refractivity contribution in [2.75, 3.05) is 27.3 Å². The molecule has 2 rings (SSSR count). The topological polar surface area (TPSA) is 68.2 Å². The Morgan fingerprint density at radius 1 is 1.18 bits per heavy atom. The Morgan fingerprint density at radius 3 is 2.27 bits per heavy atom. The van der Waals surface area contributed by atoms with Gasteiger partial charge in [0.25, 0.3) is 0 Å². The van der Waals surface area contributed by atoms with E-state index in [1.165, 1.54) is 4.90 Å². The van der Waals surface area contributed by atoms with Crippen LogP contribution in [0.1, 0.15) is 26.3 Å². The molecule has 6 heteroatoms. The molecule has 122 valence electrons. The molecule has 1 aromatic rings. The van der Waals surface area contributed by atoms with Crippen LogP contribution in [0, 0.1) is 0 Å². The number of carbonyl (C=O) groups is 1. The van der Waals surface area contributed by atoms with Gasteiger partial charge in [0, 0.05) is 0 Å². The average molecular weight is 309 g/mol. The Morgan fingerprint density at radius 2 is 1.77 bits per heavy atom. The molecule has 0 radical (unpaired) electrons. The van der Waals surface area contributed by atoms with Gasteiger partial charge in [-0.2, -0.15) is 0 Å². The van der Waals surface area contributed by atoms with Crippen LogP contribution in [0.5, 0.6) is 11.5 Å². The van der Waals surface area contributed by atoms with Gasteiger partial charge in [0.15, 0.2) is 11.5 Å². The SMILES string of the molecule is COc1ccc(C2(O)CN(C(=O)OC(C)(C)C)C2)cc1OC. The second kappa shape index (κ2) is 5.68. The van der Waals surface area contributed by atoms with E-state index in [0.717, 1.165) is 0 Å². The van der Waals surface area contributed by atoms with E-state index in [-0.39, 0.29) is 13.1 Å². The molecular weight excluding hydrogens is 286 g/mol. The van der Waals surface area contributed by atoms with Crippen LogP contribution in [0.2, 0.25) is 0 Å². The summed E-state index contributed by atoms with van der Waals surface area (Å²) in [5.41, 5.74) is -0.949. The number of methoxy groups -OCH3 is 2. The van der Waals surface area contributed by atoms with Gasteiger partial charge in [0.1, 0.15) is 11.2 Å². The minimum Gasteiger partial charge on any atom is -0.493 e. The van der Waals surface area contributed by atoms with Crippen molar-refractivity contribution in [1.29, 1.82) is 0 Å². The number of amides is 1. The van der Waals surface area contributed by atoms with E-state index in [1.54, 1.807) is 32.4 Å². The van der Waals surface area contributed by atoms with E-state index in [1.807, 2.05) is 20.8 Å². The molecule has 1 amide bonds. The summed E-state index contributed by atoms with van der Waals surface area (Å²) >= 11 is 0. The number of rotatable bonds is 3. The molecule has 6 nitrogen and oxygen atoms in total. The third-order valence-electron chi connectivity index (χ3n) is 3.48. The highest BCUT2D eigenvalue weighted by atomic mass is 16.6. The van der Waals surface area contributed by atoms with Gasteiger partial charge in [-0.15, -0.1) is 0 Å². The van der Waals surface area contributed by atoms with Crippen molar-refractivity contribution < 1.29 is 24.1 Å². The number of ether oxygens (including phenoxy) is 3. The molecule has 1 aromatic carbocycles. The Labute approximate surface area is 130 Å². The Balaban J connectivity index is 2.08. The van der Waals surface area contributed by atoms with Crippen LogP contribution in [0.15, 0.2) is 18.2 Å². The minimum atomic E-state index is -1.09. The zero-order chi connectivity index (χ0) is 16.5. The number of β-amino-alcohol motifs (C(OH)–C–C–N with tert-alkyl or cyclic N) is 1. The second-order valence-corrected chi connectivity index (χ2v) is 6.44. The van der Waals surface area contributed by atoms with Gasteiger partial charge in [0.2, 0.25) is 0 Å². The van der Waals surface area contributed by atoms with Gasteiger partial charge in [-0.05, 0) is 38.5 Å². The summed E-state index contributed by atoms with van der Waals surface area (Å²) in [5, 5.41) is 10.6. The van der Waals surface area contributed by atoms with E-state index in [2.05, 4.69) is 0 Å². The number of carbonyl (C=O) groups excluding carboxylic acids is 1. The molecule has 0 spiro atoms. The number of benzene rings is 1. The lowest BCUT2D eigenvalue weighted by Crippen LogP contribution is -2.61. The molecule has 1 fully saturated rings. The zero-order valence-corrected chi connectivity index (χ0v) is 13.7. The van der Waals surface area contributed by atoms with Gasteiger partial charge in [0.05, 0.1) is 27.3 Å². The van der Waals surface area contributed by atoms with E-state index in [9.17, 15) is 9.90 Å². The van der Waals surface area contributed by atoms with Crippen molar-refractivity contribution in [3.05, 3.63) is 23.8 Å². The fraction of sp³-hybridized carbons (Fsp3) is 0.562. The fourth-order valence-corrected chi connectivity index (χ4v) is 2.35. The van der Waals surface area contributed by atoms with Crippen molar-refractivity contribution >= 4 is 6.09 Å². The summed E-state index contributed by atoms with van der Waals surface area (Å²) in [4.78, 5) is 13.4. The molecule has 0 atom stereocenters. The fourth-order valence-electron chi connectivity index (χ4n) is 2.35. The third-order valence-corrected chi connectivity index (χ3v) is 3.48. The van der Waals surface area contributed by atoms with Crippen LogP contribution in [0.4, 0.5) is 4.79 Å². The molecule has 0 aliphatic carbocycles. The summed E-state index contributed by atoms with van der Waals surface area (Å²) in [5.74, 6) is 1.14. The average Bonchev–Trinajstić information content (AvgIpc) is 2.41. The lowest BCUT2D eigenvalue weighted by atomic mass is 9.86. The molecule has 1 saturated heterocycles. The summed E-state index contributed by atoms with van der Waals surface area (Å²) in [6.45, 7) is 5.82. The third kappa shape index (κ3) is 3.27. The summed E-state index contributed by atoms with van der Waals surface area (Å²) in [6.07, 6.45) is -0.419. The highest BCUT2D eigenvalue weighted by Gasteiger charge is 2.46. The van der Waals surface area contributed by atoms with Gasteiger partial charge >= 0.3 is 6.09 Å². The first-order valence-corrected chi connectivity index (χ1v) is 7.11. The van der Waals surface area contributed by atoms with E-state index in [4.69, 9.17) is 14.2 Å². The molecule has 1 aliphatic heterocycles. The number of nitrogens with zero attached hydrogens (tertiary/aromatic N) is 1. The molecule has 1 aliphatic rings. The maximum absolute atomic E-state index is 11.9. The Kier molecular flexibility index (Phi) is 4.24. The van der Waals surface area contributed by atoms with Crippen LogP contribution in [-0.4, -0.2) is 49.0 Å². The molecule has 0 unspecified atom stereocenters. The molecule has 0 saturated carbocycles. The first-order valence-electron chi connectivity index (χ1n) is 7.11. The maximum atomic E-state index is 11.9. The monoisotopic (exact) mass is 309 g/mol. The molecule has 1 heterocycles. The van der Waals surface area contributed by atoms with Crippen LogP contribution >= 0.6 is 0 Å². The summed E-state index contributed by atoms with van der Waals surface area (Å²) < 4.78 is 15.7. The molecule has 0 bridgehead atoms. The van der Waals surface area contributed by atoms with Gasteiger partial charge < -0.3 is 24.2 Å². The largest absolute Gasteiger partial charge is 0.493 e. The quantitative estimate of drug-likeness (QED) is 0.926. The molecule has 22 heavy (non-hydrogen) atoms. The normalized spacial score (nSPS) is 16.7. The van der Waals surface area contributed by atoms with Crippen molar-refractivity contribution in [3.8, 4) is 11.5 Å². The van der Waals surface area contributed by atoms with Crippen LogP contribution < -0.4 is 9.47 Å². The number of hydrogen-bond acceptors (Lipinski definition) is 5. The molecular formula is C16H23NO5. The van der Waals surface area contributed by atoms with E-state index in [0.29, 0.717) is 17.1 Å².